The van der Waals surface area contributed by atoms with Crippen LogP contribution in [0.4, 0.5) is 0 Å². The smallest absolute Gasteiger partial charge is 0.127 e. The van der Waals surface area contributed by atoms with Crippen molar-refractivity contribution < 1.29 is 4.74 Å². The lowest BCUT2D eigenvalue weighted by Crippen LogP contribution is -1.88. The Bertz CT molecular complexity index is 457. The van der Waals surface area contributed by atoms with E-state index in [4.69, 9.17) is 4.74 Å². The van der Waals surface area contributed by atoms with Crippen molar-refractivity contribution in [3.8, 4) is 11.5 Å². The van der Waals surface area contributed by atoms with Gasteiger partial charge in [-0.1, -0.05) is 12.1 Å². The van der Waals surface area contributed by atoms with Crippen LogP contribution in [-0.2, 0) is 0 Å². The summed E-state index contributed by atoms with van der Waals surface area (Å²) in [7, 11) is 0. The van der Waals surface area contributed by atoms with Gasteiger partial charge in [-0.05, 0) is 74.2 Å². The summed E-state index contributed by atoms with van der Waals surface area (Å²) in [5.41, 5.74) is 4.91. The summed E-state index contributed by atoms with van der Waals surface area (Å²) in [6.07, 6.45) is 0. The molecule has 0 aliphatic carbocycles. The van der Waals surface area contributed by atoms with E-state index in [0.717, 1.165) is 11.5 Å². The Hall–Kier alpha value is -1.33. The highest BCUT2D eigenvalue weighted by atomic mass is 31.0. The molecule has 0 spiro atoms. The van der Waals surface area contributed by atoms with Gasteiger partial charge in [0.05, 0.1) is 0 Å². The molecule has 0 N–H and O–H groups in total. The Morgan fingerprint density at radius 3 is 1.11 bits per heavy atom. The average molecular weight is 260 g/mol. The summed E-state index contributed by atoms with van der Waals surface area (Å²) in [5, 5.41) is 0. The molecule has 0 radical (unpaired) electrons. The third kappa shape index (κ3) is 3.85. The van der Waals surface area contributed by atoms with Crippen molar-refractivity contribution >= 4 is 9.90 Å². The minimum absolute atomic E-state index is 0. The van der Waals surface area contributed by atoms with Crippen LogP contribution in [0.1, 0.15) is 22.3 Å². The molecule has 1 nitrogen and oxygen atoms in total. The SMILES string of the molecule is Cc1cc(C)cc(Oc2cc(C)cc(C)c2)c1.P. The zero-order valence-corrected chi connectivity index (χ0v) is 13.0. The molecule has 1 atom stereocenters. The molecule has 2 rings (SSSR count). The molecule has 2 aromatic carbocycles. The van der Waals surface area contributed by atoms with Gasteiger partial charge in [0.25, 0.3) is 0 Å². The van der Waals surface area contributed by atoms with E-state index in [9.17, 15) is 0 Å². The standard InChI is InChI=1S/C16H18O.H3P/c1-11-5-12(2)8-15(7-11)17-16-9-13(3)6-14(4)10-16;/h5-10H,1-4H3;1H3. The first-order chi connectivity index (χ1) is 8.02. The maximum Gasteiger partial charge on any atom is 0.127 e. The van der Waals surface area contributed by atoms with Crippen molar-refractivity contribution in [1.82, 2.24) is 0 Å². The van der Waals surface area contributed by atoms with Gasteiger partial charge in [0.15, 0.2) is 0 Å². The lowest BCUT2D eigenvalue weighted by atomic mass is 10.1. The van der Waals surface area contributed by atoms with E-state index in [0.29, 0.717) is 0 Å². The fourth-order valence-corrected chi connectivity index (χ4v) is 2.12. The van der Waals surface area contributed by atoms with Crippen molar-refractivity contribution in [2.75, 3.05) is 0 Å². The second kappa shape index (κ2) is 6.02. The predicted octanol–water partition coefficient (Wildman–Crippen LogP) is 4.77. The second-order valence-corrected chi connectivity index (χ2v) is 4.75. The Labute approximate surface area is 113 Å². The Morgan fingerprint density at radius 1 is 0.556 bits per heavy atom. The first kappa shape index (κ1) is 14.7. The molecular weight excluding hydrogens is 239 g/mol. The lowest BCUT2D eigenvalue weighted by molar-refractivity contribution is 0.481. The van der Waals surface area contributed by atoms with Gasteiger partial charge < -0.3 is 4.74 Å². The minimum Gasteiger partial charge on any atom is -0.457 e. The molecule has 0 saturated heterocycles. The molecule has 1 unspecified atom stereocenters. The van der Waals surface area contributed by atoms with E-state index in [1.807, 2.05) is 0 Å². The van der Waals surface area contributed by atoms with Crippen molar-refractivity contribution in [3.63, 3.8) is 0 Å². The third-order valence-corrected chi connectivity index (χ3v) is 2.63. The van der Waals surface area contributed by atoms with Crippen LogP contribution in [-0.4, -0.2) is 0 Å². The van der Waals surface area contributed by atoms with E-state index in [1.54, 1.807) is 0 Å². The van der Waals surface area contributed by atoms with E-state index in [1.165, 1.54) is 22.3 Å². The molecule has 0 fully saturated rings. The van der Waals surface area contributed by atoms with Gasteiger partial charge in [-0.3, -0.25) is 0 Å². The summed E-state index contributed by atoms with van der Waals surface area (Å²) in [5.74, 6) is 1.82. The predicted molar refractivity (Wildman–Crippen MR) is 83.0 cm³/mol. The number of rotatable bonds is 2. The summed E-state index contributed by atoms with van der Waals surface area (Å²) < 4.78 is 5.90. The topological polar surface area (TPSA) is 9.23 Å². The van der Waals surface area contributed by atoms with Crippen LogP contribution in [0.5, 0.6) is 11.5 Å². The fourth-order valence-electron chi connectivity index (χ4n) is 2.12. The van der Waals surface area contributed by atoms with Gasteiger partial charge in [0, 0.05) is 0 Å². The Morgan fingerprint density at radius 2 is 0.833 bits per heavy atom. The molecule has 0 bridgehead atoms. The van der Waals surface area contributed by atoms with Crippen molar-refractivity contribution in [1.29, 1.82) is 0 Å². The number of aryl methyl sites for hydroxylation is 4. The van der Waals surface area contributed by atoms with E-state index >= 15 is 0 Å². The normalized spacial score (nSPS) is 9.78. The third-order valence-electron chi connectivity index (χ3n) is 2.63. The zero-order valence-electron chi connectivity index (χ0n) is 11.6. The van der Waals surface area contributed by atoms with Crippen molar-refractivity contribution in [2.24, 2.45) is 0 Å². The Balaban J connectivity index is 0.00000162. The molecule has 96 valence electrons. The van der Waals surface area contributed by atoms with Crippen LogP contribution >= 0.6 is 9.90 Å². The van der Waals surface area contributed by atoms with Gasteiger partial charge in [0.2, 0.25) is 0 Å². The molecule has 2 heteroatoms. The molecule has 18 heavy (non-hydrogen) atoms. The largest absolute Gasteiger partial charge is 0.457 e. The van der Waals surface area contributed by atoms with Gasteiger partial charge in [-0.15, -0.1) is 0 Å². The molecule has 0 aliphatic rings. The monoisotopic (exact) mass is 260 g/mol. The molecule has 0 heterocycles. The Kier molecular flexibility index (Phi) is 4.93. The van der Waals surface area contributed by atoms with Crippen molar-refractivity contribution in [2.45, 2.75) is 27.7 Å². The van der Waals surface area contributed by atoms with E-state index < -0.39 is 0 Å². The highest BCUT2D eigenvalue weighted by molar-refractivity contribution is 6.92. The quantitative estimate of drug-likeness (QED) is 0.707. The number of ether oxygens (including phenoxy) is 1. The zero-order chi connectivity index (χ0) is 12.4. The maximum absolute atomic E-state index is 5.90. The minimum atomic E-state index is 0. The van der Waals surface area contributed by atoms with Gasteiger partial charge in [0.1, 0.15) is 11.5 Å². The lowest BCUT2D eigenvalue weighted by Gasteiger charge is -2.09. The summed E-state index contributed by atoms with van der Waals surface area (Å²) in [4.78, 5) is 0. The summed E-state index contributed by atoms with van der Waals surface area (Å²) in [6.45, 7) is 8.34. The van der Waals surface area contributed by atoms with E-state index in [2.05, 4.69) is 64.1 Å². The van der Waals surface area contributed by atoms with Crippen LogP contribution in [0.15, 0.2) is 36.4 Å². The first-order valence-electron chi connectivity index (χ1n) is 5.87. The number of hydrogen-bond acceptors (Lipinski definition) is 1. The molecular formula is C16H21OP. The second-order valence-electron chi connectivity index (χ2n) is 4.75. The highest BCUT2D eigenvalue weighted by Gasteiger charge is 2.01. The van der Waals surface area contributed by atoms with Crippen LogP contribution < -0.4 is 4.74 Å². The van der Waals surface area contributed by atoms with Gasteiger partial charge >= 0.3 is 0 Å². The van der Waals surface area contributed by atoms with Crippen LogP contribution in [0.3, 0.4) is 0 Å². The maximum atomic E-state index is 5.90. The molecule has 0 saturated carbocycles. The molecule has 0 amide bonds. The molecule has 0 aliphatic heterocycles. The van der Waals surface area contributed by atoms with Gasteiger partial charge in [-0.2, -0.15) is 9.90 Å². The van der Waals surface area contributed by atoms with Crippen LogP contribution in [0.25, 0.3) is 0 Å². The van der Waals surface area contributed by atoms with Crippen LogP contribution in [0, 0.1) is 27.7 Å². The van der Waals surface area contributed by atoms with Crippen molar-refractivity contribution in [3.05, 3.63) is 58.7 Å². The molecule has 0 aromatic heterocycles. The van der Waals surface area contributed by atoms with Crippen LogP contribution in [0.2, 0.25) is 0 Å². The first-order valence-corrected chi connectivity index (χ1v) is 5.87. The summed E-state index contributed by atoms with van der Waals surface area (Å²) >= 11 is 0. The highest BCUT2D eigenvalue weighted by Crippen LogP contribution is 2.25. The fraction of sp³-hybridized carbons (Fsp3) is 0.250. The molecule has 2 aromatic rings. The summed E-state index contributed by atoms with van der Waals surface area (Å²) in [6, 6.07) is 12.5. The average Bonchev–Trinajstić information content (AvgIpc) is 2.13. The number of benzene rings is 2. The number of hydrogen-bond donors (Lipinski definition) is 0. The van der Waals surface area contributed by atoms with Gasteiger partial charge in [-0.25, -0.2) is 0 Å². The van der Waals surface area contributed by atoms with E-state index in [-0.39, 0.29) is 9.90 Å².